The van der Waals surface area contributed by atoms with Gasteiger partial charge in [0.1, 0.15) is 0 Å². The van der Waals surface area contributed by atoms with Gasteiger partial charge in [0.15, 0.2) is 0 Å². The maximum Gasteiger partial charge on any atom is 0.236 e. The van der Waals surface area contributed by atoms with Gasteiger partial charge in [-0.3, -0.25) is 9.69 Å². The minimum atomic E-state index is 0.188. The Hall–Kier alpha value is -0.650. The second kappa shape index (κ2) is 6.93. The fraction of sp³-hybridized carbons (Fsp3) is 0.917. The molecule has 1 aliphatic heterocycles. The van der Waals surface area contributed by atoms with Crippen LogP contribution in [-0.4, -0.2) is 74.7 Å². The number of piperazine rings is 1. The van der Waals surface area contributed by atoms with E-state index in [2.05, 4.69) is 31.1 Å². The highest BCUT2D eigenvalue weighted by Gasteiger charge is 2.28. The van der Waals surface area contributed by atoms with Crippen LogP contribution in [0, 0.1) is 0 Å². The number of amides is 1. The zero-order chi connectivity index (χ0) is 12.8. The molecule has 5 heteroatoms. The van der Waals surface area contributed by atoms with Gasteiger partial charge in [0, 0.05) is 38.8 Å². The number of carbonyl (C=O) groups excluding carboxylic acids is 1. The van der Waals surface area contributed by atoms with E-state index < -0.39 is 0 Å². The molecule has 1 saturated heterocycles. The summed E-state index contributed by atoms with van der Waals surface area (Å²) in [7, 11) is 3.78. The summed E-state index contributed by atoms with van der Waals surface area (Å²) in [4.78, 5) is 16.2. The Balaban J connectivity index is 2.32. The quantitative estimate of drug-likeness (QED) is 0.678. The maximum absolute atomic E-state index is 12.0. The zero-order valence-corrected chi connectivity index (χ0v) is 11.4. The minimum absolute atomic E-state index is 0.188. The number of likely N-dealkylation sites (N-methyl/N-ethyl adjacent to an activating group) is 1. The molecule has 0 aliphatic carbocycles. The van der Waals surface area contributed by atoms with Gasteiger partial charge in [-0.25, -0.2) is 0 Å². The summed E-state index contributed by atoms with van der Waals surface area (Å²) in [6.45, 7) is 7.75. The molecule has 0 aromatic rings. The van der Waals surface area contributed by atoms with Gasteiger partial charge < -0.3 is 15.0 Å². The van der Waals surface area contributed by atoms with Gasteiger partial charge in [0.05, 0.1) is 13.2 Å². The first-order valence-corrected chi connectivity index (χ1v) is 6.25. The first kappa shape index (κ1) is 14.4. The van der Waals surface area contributed by atoms with E-state index in [1.807, 2.05) is 4.90 Å². The molecule has 17 heavy (non-hydrogen) atoms. The average Bonchev–Trinajstić information content (AvgIpc) is 2.30. The molecular weight excluding hydrogens is 218 g/mol. The summed E-state index contributed by atoms with van der Waals surface area (Å²) in [6.07, 6.45) is 0. The summed E-state index contributed by atoms with van der Waals surface area (Å²) in [5.74, 6) is 0.188. The van der Waals surface area contributed by atoms with Crippen LogP contribution in [0.5, 0.6) is 0 Å². The normalized spacial score (nSPS) is 26.2. The van der Waals surface area contributed by atoms with E-state index in [1.165, 1.54) is 0 Å². The summed E-state index contributed by atoms with van der Waals surface area (Å²) >= 11 is 0. The van der Waals surface area contributed by atoms with Gasteiger partial charge in [-0.1, -0.05) is 0 Å². The molecule has 0 aromatic carbocycles. The van der Waals surface area contributed by atoms with Crippen molar-refractivity contribution >= 4 is 5.91 Å². The molecule has 2 unspecified atom stereocenters. The van der Waals surface area contributed by atoms with Crippen molar-refractivity contribution in [3.8, 4) is 0 Å². The second-order valence-corrected chi connectivity index (χ2v) is 4.83. The molecule has 1 amide bonds. The van der Waals surface area contributed by atoms with Gasteiger partial charge >= 0.3 is 0 Å². The highest BCUT2D eigenvalue weighted by molar-refractivity contribution is 5.78. The molecule has 0 saturated carbocycles. The minimum Gasteiger partial charge on any atom is -0.383 e. The fourth-order valence-corrected chi connectivity index (χ4v) is 2.09. The van der Waals surface area contributed by atoms with Crippen LogP contribution in [0.3, 0.4) is 0 Å². The third-order valence-corrected chi connectivity index (χ3v) is 3.47. The lowest BCUT2D eigenvalue weighted by molar-refractivity contribution is -0.134. The largest absolute Gasteiger partial charge is 0.383 e. The first-order chi connectivity index (χ1) is 8.06. The number of nitrogens with zero attached hydrogens (tertiary/aromatic N) is 2. The lowest BCUT2D eigenvalue weighted by atomic mass is 10.1. The SMILES string of the molecule is COCCNCC(=O)N1CC(C)N(C)C(C)C1. The van der Waals surface area contributed by atoms with E-state index in [0.29, 0.717) is 25.2 Å². The number of hydrogen-bond acceptors (Lipinski definition) is 4. The number of nitrogens with one attached hydrogen (secondary N) is 1. The molecule has 0 radical (unpaired) electrons. The molecule has 1 heterocycles. The van der Waals surface area contributed by atoms with Gasteiger partial charge in [-0.2, -0.15) is 0 Å². The topological polar surface area (TPSA) is 44.8 Å². The van der Waals surface area contributed by atoms with E-state index in [4.69, 9.17) is 4.74 Å². The molecule has 1 aliphatic rings. The van der Waals surface area contributed by atoms with Crippen molar-refractivity contribution < 1.29 is 9.53 Å². The zero-order valence-electron chi connectivity index (χ0n) is 11.4. The van der Waals surface area contributed by atoms with E-state index in [-0.39, 0.29) is 5.91 Å². The van der Waals surface area contributed by atoms with Crippen molar-refractivity contribution in [1.29, 1.82) is 0 Å². The van der Waals surface area contributed by atoms with E-state index in [1.54, 1.807) is 7.11 Å². The second-order valence-electron chi connectivity index (χ2n) is 4.83. The number of carbonyl (C=O) groups is 1. The van der Waals surface area contributed by atoms with Crippen molar-refractivity contribution in [2.45, 2.75) is 25.9 Å². The van der Waals surface area contributed by atoms with Crippen LogP contribution in [-0.2, 0) is 9.53 Å². The third kappa shape index (κ3) is 4.26. The van der Waals surface area contributed by atoms with Crippen molar-refractivity contribution in [3.63, 3.8) is 0 Å². The number of methoxy groups -OCH3 is 1. The van der Waals surface area contributed by atoms with Crippen LogP contribution in [0.25, 0.3) is 0 Å². The van der Waals surface area contributed by atoms with Crippen molar-refractivity contribution in [2.75, 3.05) is 46.9 Å². The third-order valence-electron chi connectivity index (χ3n) is 3.47. The summed E-state index contributed by atoms with van der Waals surface area (Å²) in [5.41, 5.74) is 0. The maximum atomic E-state index is 12.0. The van der Waals surface area contributed by atoms with Gasteiger partial charge in [0.2, 0.25) is 5.91 Å². The van der Waals surface area contributed by atoms with E-state index in [0.717, 1.165) is 19.6 Å². The Morgan fingerprint density at radius 2 is 1.94 bits per heavy atom. The summed E-state index contributed by atoms with van der Waals surface area (Å²) in [6, 6.07) is 0.864. The van der Waals surface area contributed by atoms with Gasteiger partial charge in [-0.05, 0) is 20.9 Å². The number of ether oxygens (including phenoxy) is 1. The van der Waals surface area contributed by atoms with Crippen LogP contribution in [0.15, 0.2) is 0 Å². The predicted molar refractivity (Wildman–Crippen MR) is 68.0 cm³/mol. The Kier molecular flexibility index (Phi) is 5.88. The Labute approximate surface area is 104 Å². The van der Waals surface area contributed by atoms with Crippen LogP contribution in [0.1, 0.15) is 13.8 Å². The molecule has 2 atom stereocenters. The molecule has 0 spiro atoms. The predicted octanol–water partition coefficient (Wildman–Crippen LogP) is -0.227. The molecular formula is C12H25N3O2. The number of hydrogen-bond donors (Lipinski definition) is 1. The fourth-order valence-electron chi connectivity index (χ4n) is 2.09. The molecule has 100 valence electrons. The highest BCUT2D eigenvalue weighted by Crippen LogP contribution is 2.12. The van der Waals surface area contributed by atoms with Crippen molar-refractivity contribution in [3.05, 3.63) is 0 Å². The van der Waals surface area contributed by atoms with Gasteiger partial charge in [0.25, 0.3) is 0 Å². The monoisotopic (exact) mass is 243 g/mol. The first-order valence-electron chi connectivity index (χ1n) is 6.25. The van der Waals surface area contributed by atoms with Crippen LogP contribution in [0.4, 0.5) is 0 Å². The Morgan fingerprint density at radius 1 is 1.35 bits per heavy atom. The van der Waals surface area contributed by atoms with Crippen LogP contribution >= 0.6 is 0 Å². The average molecular weight is 243 g/mol. The molecule has 1 N–H and O–H groups in total. The molecule has 1 fully saturated rings. The standard InChI is InChI=1S/C12H25N3O2/c1-10-8-15(9-11(2)14(10)3)12(16)7-13-5-6-17-4/h10-11,13H,5-9H2,1-4H3. The molecule has 5 nitrogen and oxygen atoms in total. The smallest absolute Gasteiger partial charge is 0.236 e. The van der Waals surface area contributed by atoms with E-state index >= 15 is 0 Å². The lowest BCUT2D eigenvalue weighted by Gasteiger charge is -2.42. The van der Waals surface area contributed by atoms with Crippen LogP contribution in [0.2, 0.25) is 0 Å². The molecule has 0 bridgehead atoms. The van der Waals surface area contributed by atoms with E-state index in [9.17, 15) is 4.79 Å². The Morgan fingerprint density at radius 3 is 2.47 bits per heavy atom. The van der Waals surface area contributed by atoms with Crippen LogP contribution < -0.4 is 5.32 Å². The summed E-state index contributed by atoms with van der Waals surface area (Å²) < 4.78 is 4.92. The Bertz CT molecular complexity index is 236. The molecule has 0 aromatic heterocycles. The summed E-state index contributed by atoms with van der Waals surface area (Å²) in [5, 5.41) is 3.09. The van der Waals surface area contributed by atoms with Crippen molar-refractivity contribution in [1.82, 2.24) is 15.1 Å². The number of rotatable bonds is 5. The van der Waals surface area contributed by atoms with Gasteiger partial charge in [-0.15, -0.1) is 0 Å². The van der Waals surface area contributed by atoms with Crippen molar-refractivity contribution in [2.24, 2.45) is 0 Å². The lowest BCUT2D eigenvalue weighted by Crippen LogP contribution is -2.57. The highest BCUT2D eigenvalue weighted by atomic mass is 16.5. The molecule has 1 rings (SSSR count).